The molecule has 0 fully saturated rings. The van der Waals surface area contributed by atoms with Gasteiger partial charge in [-0.3, -0.25) is 4.79 Å². The molecule has 1 aromatic heterocycles. The Hall–Kier alpha value is -1.54. The largest absolute Gasteiger partial charge is 0.396 e. The van der Waals surface area contributed by atoms with Gasteiger partial charge in [-0.1, -0.05) is 17.7 Å². The van der Waals surface area contributed by atoms with Gasteiger partial charge in [0, 0.05) is 19.1 Å². The molecule has 0 aromatic carbocycles. The fourth-order valence-corrected chi connectivity index (χ4v) is 1.43. The van der Waals surface area contributed by atoms with Gasteiger partial charge in [0.1, 0.15) is 5.69 Å². The van der Waals surface area contributed by atoms with Gasteiger partial charge in [0.15, 0.2) is 5.12 Å². The molecule has 0 atom stereocenters. The zero-order valence-electron chi connectivity index (χ0n) is 8.79. The Morgan fingerprint density at radius 2 is 2.38 bits per heavy atom. The number of nitrogens with zero attached hydrogens (tertiary/aromatic N) is 1. The van der Waals surface area contributed by atoms with E-state index in [0.29, 0.717) is 17.9 Å². The summed E-state index contributed by atoms with van der Waals surface area (Å²) in [4.78, 5) is 14.2. The lowest BCUT2D eigenvalue weighted by molar-refractivity contribution is -0.109. The minimum atomic E-state index is -0.600. The second-order valence-corrected chi connectivity index (χ2v) is 4.24. The fraction of sp³-hybridized carbons (Fsp3) is 0.273. The van der Waals surface area contributed by atoms with Crippen molar-refractivity contribution in [3.63, 3.8) is 0 Å². The van der Waals surface area contributed by atoms with Crippen molar-refractivity contribution in [2.75, 3.05) is 11.5 Å². The SMILES string of the molecule is CC(=O)SCCC#Cc1nc(F)ccc1N. The van der Waals surface area contributed by atoms with E-state index in [9.17, 15) is 9.18 Å². The van der Waals surface area contributed by atoms with E-state index in [1.54, 1.807) is 0 Å². The van der Waals surface area contributed by atoms with Crippen molar-refractivity contribution in [1.29, 1.82) is 0 Å². The normalized spacial score (nSPS) is 9.38. The van der Waals surface area contributed by atoms with Crippen LogP contribution in [0.3, 0.4) is 0 Å². The minimum Gasteiger partial charge on any atom is -0.396 e. The van der Waals surface area contributed by atoms with Crippen LogP contribution in [0.4, 0.5) is 10.1 Å². The average Bonchev–Trinajstić information content (AvgIpc) is 2.22. The van der Waals surface area contributed by atoms with Gasteiger partial charge in [0.2, 0.25) is 5.95 Å². The van der Waals surface area contributed by atoms with E-state index in [0.717, 1.165) is 0 Å². The van der Waals surface area contributed by atoms with Gasteiger partial charge in [-0.05, 0) is 18.1 Å². The van der Waals surface area contributed by atoms with Gasteiger partial charge in [0.25, 0.3) is 0 Å². The highest BCUT2D eigenvalue weighted by Crippen LogP contribution is 2.08. The molecule has 0 saturated heterocycles. The van der Waals surface area contributed by atoms with E-state index in [4.69, 9.17) is 5.73 Å². The molecule has 0 aliphatic carbocycles. The fourth-order valence-electron chi connectivity index (χ4n) is 0.938. The molecular weight excluding hydrogens is 227 g/mol. The summed E-state index contributed by atoms with van der Waals surface area (Å²) < 4.78 is 12.7. The molecule has 0 bridgehead atoms. The highest BCUT2D eigenvalue weighted by atomic mass is 32.2. The number of carbonyl (C=O) groups is 1. The minimum absolute atomic E-state index is 0.0604. The number of hydrogen-bond acceptors (Lipinski definition) is 4. The summed E-state index contributed by atoms with van der Waals surface area (Å²) >= 11 is 1.21. The van der Waals surface area contributed by atoms with E-state index >= 15 is 0 Å². The first-order valence-electron chi connectivity index (χ1n) is 4.64. The summed E-state index contributed by atoms with van der Waals surface area (Å²) in [7, 11) is 0. The first kappa shape index (κ1) is 12.5. The van der Waals surface area contributed by atoms with Gasteiger partial charge in [-0.2, -0.15) is 4.39 Å². The second-order valence-electron chi connectivity index (χ2n) is 2.96. The van der Waals surface area contributed by atoms with E-state index < -0.39 is 5.95 Å². The van der Waals surface area contributed by atoms with Crippen molar-refractivity contribution in [3.8, 4) is 11.8 Å². The van der Waals surface area contributed by atoms with E-state index in [1.807, 2.05) is 0 Å². The third kappa shape index (κ3) is 4.32. The number of rotatable bonds is 2. The maximum atomic E-state index is 12.7. The first-order valence-corrected chi connectivity index (χ1v) is 5.62. The summed E-state index contributed by atoms with van der Waals surface area (Å²) in [5.41, 5.74) is 6.16. The Balaban J connectivity index is 2.56. The number of hydrogen-bond donors (Lipinski definition) is 1. The Morgan fingerprint density at radius 3 is 3.06 bits per heavy atom. The Bertz CT molecular complexity index is 451. The number of nitrogens with two attached hydrogens (primary N) is 1. The topological polar surface area (TPSA) is 56.0 Å². The number of halogens is 1. The van der Waals surface area contributed by atoms with Gasteiger partial charge >= 0.3 is 0 Å². The summed E-state index contributed by atoms with van der Waals surface area (Å²) in [6.07, 6.45) is 0.544. The third-order valence-electron chi connectivity index (χ3n) is 1.63. The van der Waals surface area contributed by atoms with Crippen LogP contribution in [0, 0.1) is 17.8 Å². The third-order valence-corrected chi connectivity index (χ3v) is 2.45. The van der Waals surface area contributed by atoms with Crippen LogP contribution < -0.4 is 5.73 Å². The van der Waals surface area contributed by atoms with Gasteiger partial charge in [0.05, 0.1) is 5.69 Å². The monoisotopic (exact) mass is 238 g/mol. The van der Waals surface area contributed by atoms with Crippen molar-refractivity contribution in [1.82, 2.24) is 4.98 Å². The molecule has 5 heteroatoms. The van der Waals surface area contributed by atoms with Crippen LogP contribution in [0.25, 0.3) is 0 Å². The standard InChI is InChI=1S/C11H11FN2OS/c1-8(15)16-7-3-2-4-10-9(13)5-6-11(12)14-10/h5-6H,3,7,13H2,1H3. The molecule has 0 amide bonds. The molecular formula is C11H11FN2OS. The molecule has 1 rings (SSSR count). The lowest BCUT2D eigenvalue weighted by Crippen LogP contribution is -1.95. The molecule has 0 spiro atoms. The maximum absolute atomic E-state index is 12.7. The van der Waals surface area contributed by atoms with E-state index in [1.165, 1.54) is 30.8 Å². The van der Waals surface area contributed by atoms with Crippen molar-refractivity contribution in [2.24, 2.45) is 0 Å². The predicted octanol–water partition coefficient (Wildman–Crippen LogP) is 1.82. The van der Waals surface area contributed by atoms with Crippen LogP contribution in [0.15, 0.2) is 12.1 Å². The highest BCUT2D eigenvalue weighted by Gasteiger charge is 1.98. The molecule has 0 unspecified atom stereocenters. The Morgan fingerprint density at radius 1 is 1.62 bits per heavy atom. The summed E-state index contributed by atoms with van der Waals surface area (Å²) in [5.74, 6) is 5.49. The highest BCUT2D eigenvalue weighted by molar-refractivity contribution is 8.13. The number of thioether (sulfide) groups is 1. The molecule has 0 aliphatic rings. The van der Waals surface area contributed by atoms with Gasteiger partial charge < -0.3 is 5.73 Å². The first-order chi connectivity index (χ1) is 7.59. The van der Waals surface area contributed by atoms with Crippen molar-refractivity contribution >= 4 is 22.6 Å². The number of carbonyl (C=O) groups excluding carboxylic acids is 1. The number of nitrogen functional groups attached to an aromatic ring is 1. The average molecular weight is 238 g/mol. The smallest absolute Gasteiger partial charge is 0.214 e. The second kappa shape index (κ2) is 6.13. The van der Waals surface area contributed by atoms with Crippen LogP contribution in [-0.4, -0.2) is 15.9 Å². The summed E-state index contributed by atoms with van der Waals surface area (Å²) in [5, 5.41) is 0.0604. The maximum Gasteiger partial charge on any atom is 0.214 e. The van der Waals surface area contributed by atoms with Crippen LogP contribution in [0.2, 0.25) is 0 Å². The zero-order valence-corrected chi connectivity index (χ0v) is 9.60. The lowest BCUT2D eigenvalue weighted by Gasteiger charge is -1.95. The van der Waals surface area contributed by atoms with Crippen molar-refractivity contribution in [3.05, 3.63) is 23.8 Å². The number of anilines is 1. The van der Waals surface area contributed by atoms with Crippen LogP contribution >= 0.6 is 11.8 Å². The Kier molecular flexibility index (Phi) is 4.80. The molecule has 2 N–H and O–H groups in total. The molecule has 0 aliphatic heterocycles. The summed E-state index contributed by atoms with van der Waals surface area (Å²) in [6.45, 7) is 1.50. The molecule has 0 radical (unpaired) electrons. The predicted molar refractivity (Wildman–Crippen MR) is 63.2 cm³/mol. The number of aromatic nitrogens is 1. The molecule has 3 nitrogen and oxygen atoms in total. The van der Waals surface area contributed by atoms with Gasteiger partial charge in [-0.25, -0.2) is 4.98 Å². The van der Waals surface area contributed by atoms with Crippen molar-refractivity contribution in [2.45, 2.75) is 13.3 Å². The van der Waals surface area contributed by atoms with Crippen LogP contribution in [0.5, 0.6) is 0 Å². The molecule has 16 heavy (non-hydrogen) atoms. The molecule has 0 saturated carbocycles. The van der Waals surface area contributed by atoms with E-state index in [2.05, 4.69) is 16.8 Å². The molecule has 84 valence electrons. The van der Waals surface area contributed by atoms with E-state index in [-0.39, 0.29) is 10.8 Å². The lowest BCUT2D eigenvalue weighted by atomic mass is 10.3. The van der Waals surface area contributed by atoms with Crippen LogP contribution in [-0.2, 0) is 4.79 Å². The van der Waals surface area contributed by atoms with Gasteiger partial charge in [-0.15, -0.1) is 0 Å². The zero-order chi connectivity index (χ0) is 12.0. The Labute approximate surface area is 97.6 Å². The summed E-state index contributed by atoms with van der Waals surface area (Å²) in [6, 6.07) is 2.61. The number of pyridine rings is 1. The van der Waals surface area contributed by atoms with Crippen LogP contribution in [0.1, 0.15) is 19.0 Å². The van der Waals surface area contributed by atoms with Crippen molar-refractivity contribution < 1.29 is 9.18 Å². The molecule has 1 heterocycles. The molecule has 1 aromatic rings. The quantitative estimate of drug-likeness (QED) is 0.485.